The molecule has 0 saturated carbocycles. The standard InChI is InChI=1S/C6H12N2S/c1-8-3-2-5(7)6(9)4-8/h9H,2-4,7H2,1H3. The van der Waals surface area contributed by atoms with Gasteiger partial charge in [0.2, 0.25) is 0 Å². The second kappa shape index (κ2) is 2.62. The maximum absolute atomic E-state index is 5.62. The van der Waals surface area contributed by atoms with Crippen molar-refractivity contribution in [2.45, 2.75) is 6.42 Å². The van der Waals surface area contributed by atoms with Gasteiger partial charge in [0.15, 0.2) is 0 Å². The van der Waals surface area contributed by atoms with Crippen molar-refractivity contribution >= 4 is 12.6 Å². The average Bonchev–Trinajstić information content (AvgIpc) is 1.80. The van der Waals surface area contributed by atoms with E-state index in [2.05, 4.69) is 24.6 Å². The molecule has 1 aliphatic rings. The van der Waals surface area contributed by atoms with E-state index < -0.39 is 0 Å². The molecule has 3 heteroatoms. The van der Waals surface area contributed by atoms with Crippen molar-refractivity contribution in [2.24, 2.45) is 5.73 Å². The molecule has 9 heavy (non-hydrogen) atoms. The zero-order valence-corrected chi connectivity index (χ0v) is 6.49. The molecule has 0 aliphatic carbocycles. The SMILES string of the molecule is CN1CCC(N)=C(S)C1. The van der Waals surface area contributed by atoms with Gasteiger partial charge in [0.05, 0.1) is 0 Å². The Bertz CT molecular complexity index is 142. The van der Waals surface area contributed by atoms with Gasteiger partial charge in [-0.05, 0) is 7.05 Å². The molecule has 0 aromatic heterocycles. The quantitative estimate of drug-likeness (QED) is 0.483. The van der Waals surface area contributed by atoms with Gasteiger partial charge in [-0.2, -0.15) is 0 Å². The lowest BCUT2D eigenvalue weighted by Crippen LogP contribution is -2.28. The van der Waals surface area contributed by atoms with E-state index in [1.165, 1.54) is 0 Å². The van der Waals surface area contributed by atoms with Crippen LogP contribution >= 0.6 is 12.6 Å². The van der Waals surface area contributed by atoms with Gasteiger partial charge in [-0.25, -0.2) is 0 Å². The highest BCUT2D eigenvalue weighted by atomic mass is 32.1. The van der Waals surface area contributed by atoms with Crippen molar-refractivity contribution in [2.75, 3.05) is 20.1 Å². The van der Waals surface area contributed by atoms with Crippen LogP contribution in [0.4, 0.5) is 0 Å². The Morgan fingerprint density at radius 1 is 1.67 bits per heavy atom. The Kier molecular flexibility index (Phi) is 2.03. The molecule has 0 aromatic carbocycles. The molecule has 52 valence electrons. The molecule has 0 saturated heterocycles. The summed E-state index contributed by atoms with van der Waals surface area (Å²) in [7, 11) is 2.07. The summed E-state index contributed by atoms with van der Waals surface area (Å²) in [6.45, 7) is 1.98. The van der Waals surface area contributed by atoms with Crippen LogP contribution in [0, 0.1) is 0 Å². The minimum Gasteiger partial charge on any atom is -0.401 e. The first-order valence-corrected chi connectivity index (χ1v) is 3.50. The zero-order chi connectivity index (χ0) is 6.85. The molecule has 0 spiro atoms. The van der Waals surface area contributed by atoms with Gasteiger partial charge in [-0.3, -0.25) is 0 Å². The van der Waals surface area contributed by atoms with E-state index in [1.807, 2.05) is 0 Å². The second-order valence-corrected chi connectivity index (χ2v) is 3.00. The van der Waals surface area contributed by atoms with Crippen LogP contribution in [0.1, 0.15) is 6.42 Å². The highest BCUT2D eigenvalue weighted by Crippen LogP contribution is 2.14. The third-order valence-corrected chi connectivity index (χ3v) is 1.98. The molecular formula is C6H12N2S. The summed E-state index contributed by atoms with van der Waals surface area (Å²) in [5, 5.41) is 0. The first-order chi connectivity index (χ1) is 4.20. The van der Waals surface area contributed by atoms with Gasteiger partial charge in [0.1, 0.15) is 0 Å². The third kappa shape index (κ3) is 1.63. The molecule has 2 N–H and O–H groups in total. The van der Waals surface area contributed by atoms with Crippen LogP contribution in [-0.4, -0.2) is 25.0 Å². The highest BCUT2D eigenvalue weighted by Gasteiger charge is 2.09. The van der Waals surface area contributed by atoms with Gasteiger partial charge in [0, 0.05) is 30.1 Å². The third-order valence-electron chi connectivity index (χ3n) is 1.55. The van der Waals surface area contributed by atoms with Crippen molar-refractivity contribution in [3.63, 3.8) is 0 Å². The Morgan fingerprint density at radius 3 is 2.78 bits per heavy atom. The summed E-state index contributed by atoms with van der Waals surface area (Å²) in [5.41, 5.74) is 6.57. The minimum absolute atomic E-state index is 0.912. The maximum Gasteiger partial charge on any atom is 0.0305 e. The number of thiol groups is 1. The Balaban J connectivity index is 2.61. The van der Waals surface area contributed by atoms with E-state index in [0.29, 0.717) is 0 Å². The summed E-state index contributed by atoms with van der Waals surface area (Å²) in [5.74, 6) is 0. The number of nitrogens with zero attached hydrogens (tertiary/aromatic N) is 1. The normalized spacial score (nSPS) is 22.9. The Morgan fingerprint density at radius 2 is 2.33 bits per heavy atom. The van der Waals surface area contributed by atoms with Crippen molar-refractivity contribution in [3.05, 3.63) is 10.6 Å². The van der Waals surface area contributed by atoms with Crippen LogP contribution < -0.4 is 5.73 Å². The molecule has 0 radical (unpaired) electrons. The summed E-state index contributed by atoms with van der Waals surface area (Å²) in [4.78, 5) is 3.24. The maximum atomic E-state index is 5.62. The molecule has 0 amide bonds. The molecule has 0 unspecified atom stereocenters. The van der Waals surface area contributed by atoms with Gasteiger partial charge in [-0.15, -0.1) is 12.6 Å². The number of rotatable bonds is 0. The molecule has 1 heterocycles. The van der Waals surface area contributed by atoms with Crippen molar-refractivity contribution in [1.29, 1.82) is 0 Å². The molecule has 1 aliphatic heterocycles. The number of hydrogen-bond acceptors (Lipinski definition) is 3. The zero-order valence-electron chi connectivity index (χ0n) is 5.59. The van der Waals surface area contributed by atoms with Gasteiger partial charge < -0.3 is 10.6 Å². The molecule has 1 rings (SSSR count). The van der Waals surface area contributed by atoms with E-state index in [-0.39, 0.29) is 0 Å². The Labute approximate surface area is 61.1 Å². The molecular weight excluding hydrogens is 132 g/mol. The van der Waals surface area contributed by atoms with Crippen molar-refractivity contribution < 1.29 is 0 Å². The second-order valence-electron chi connectivity index (χ2n) is 2.46. The van der Waals surface area contributed by atoms with Crippen LogP contribution in [0.15, 0.2) is 10.6 Å². The fourth-order valence-electron chi connectivity index (χ4n) is 0.892. The molecule has 0 bridgehead atoms. The minimum atomic E-state index is 0.912. The van der Waals surface area contributed by atoms with Gasteiger partial charge >= 0.3 is 0 Å². The van der Waals surface area contributed by atoms with Crippen LogP contribution in [0.5, 0.6) is 0 Å². The fraction of sp³-hybridized carbons (Fsp3) is 0.667. The van der Waals surface area contributed by atoms with Crippen LogP contribution in [0.25, 0.3) is 0 Å². The summed E-state index contributed by atoms with van der Waals surface area (Å²) in [6.07, 6.45) is 0.968. The highest BCUT2D eigenvalue weighted by molar-refractivity contribution is 7.84. The first kappa shape index (κ1) is 6.96. The van der Waals surface area contributed by atoms with E-state index in [4.69, 9.17) is 5.73 Å². The summed E-state index contributed by atoms with van der Waals surface area (Å²) < 4.78 is 0. The van der Waals surface area contributed by atoms with Crippen molar-refractivity contribution in [3.8, 4) is 0 Å². The molecule has 0 aromatic rings. The lowest BCUT2D eigenvalue weighted by atomic mass is 10.2. The predicted molar refractivity (Wildman–Crippen MR) is 42.3 cm³/mol. The topological polar surface area (TPSA) is 29.3 Å². The van der Waals surface area contributed by atoms with Gasteiger partial charge in [0.25, 0.3) is 0 Å². The fourth-order valence-corrected chi connectivity index (χ4v) is 1.25. The van der Waals surface area contributed by atoms with E-state index >= 15 is 0 Å². The molecule has 2 nitrogen and oxygen atoms in total. The monoisotopic (exact) mass is 144 g/mol. The lowest BCUT2D eigenvalue weighted by molar-refractivity contribution is 0.355. The van der Waals surface area contributed by atoms with E-state index in [1.54, 1.807) is 0 Å². The van der Waals surface area contributed by atoms with Crippen molar-refractivity contribution in [1.82, 2.24) is 4.90 Å². The summed E-state index contributed by atoms with van der Waals surface area (Å²) in [6, 6.07) is 0. The summed E-state index contributed by atoms with van der Waals surface area (Å²) >= 11 is 4.23. The van der Waals surface area contributed by atoms with Gasteiger partial charge in [-0.1, -0.05) is 0 Å². The van der Waals surface area contributed by atoms with E-state index in [9.17, 15) is 0 Å². The number of nitrogens with two attached hydrogens (primary N) is 1. The largest absolute Gasteiger partial charge is 0.401 e. The first-order valence-electron chi connectivity index (χ1n) is 3.05. The smallest absolute Gasteiger partial charge is 0.0305 e. The number of hydrogen-bond donors (Lipinski definition) is 2. The molecule has 0 atom stereocenters. The van der Waals surface area contributed by atoms with E-state index in [0.717, 1.165) is 30.1 Å². The number of likely N-dealkylation sites (N-methyl/N-ethyl adjacent to an activating group) is 1. The van der Waals surface area contributed by atoms with Crippen LogP contribution in [0.3, 0.4) is 0 Å². The lowest BCUT2D eigenvalue weighted by Gasteiger charge is -2.22. The predicted octanol–water partition coefficient (Wildman–Crippen LogP) is 0.422. The van der Waals surface area contributed by atoms with Crippen LogP contribution in [-0.2, 0) is 0 Å². The van der Waals surface area contributed by atoms with Crippen LogP contribution in [0.2, 0.25) is 0 Å². The Hall–Kier alpha value is -0.150. The molecule has 0 fully saturated rings. The average molecular weight is 144 g/mol.